The number of amides is 1. The number of nitrogens with zero attached hydrogens (tertiary/aromatic N) is 2. The van der Waals surface area contributed by atoms with E-state index in [1.807, 2.05) is 19.1 Å². The second kappa shape index (κ2) is 6.80. The van der Waals surface area contributed by atoms with Crippen LogP contribution in [0.1, 0.15) is 21.5 Å². The Bertz CT molecular complexity index is 1280. The third kappa shape index (κ3) is 2.66. The molecule has 1 saturated heterocycles. The maximum absolute atomic E-state index is 16.0. The predicted molar refractivity (Wildman–Crippen MR) is 118 cm³/mol. The molecule has 0 radical (unpaired) electrons. The molecule has 1 aromatic heterocycles. The summed E-state index contributed by atoms with van der Waals surface area (Å²) in [6.07, 6.45) is 1.59. The number of halogens is 2. The summed E-state index contributed by atoms with van der Waals surface area (Å²) >= 11 is 6.71. The van der Waals surface area contributed by atoms with Gasteiger partial charge in [-0.2, -0.15) is 0 Å². The van der Waals surface area contributed by atoms with E-state index >= 15 is 4.39 Å². The van der Waals surface area contributed by atoms with Crippen LogP contribution in [-0.4, -0.2) is 43.2 Å². The molecule has 0 bridgehead atoms. The van der Waals surface area contributed by atoms with E-state index in [-0.39, 0.29) is 28.1 Å². The van der Waals surface area contributed by atoms with E-state index in [4.69, 9.17) is 16.3 Å². The van der Waals surface area contributed by atoms with Crippen molar-refractivity contribution in [2.45, 2.75) is 19.5 Å². The van der Waals surface area contributed by atoms with E-state index in [9.17, 15) is 4.79 Å². The Morgan fingerprint density at radius 3 is 3.03 bits per heavy atom. The van der Waals surface area contributed by atoms with Crippen molar-refractivity contribution in [3.63, 3.8) is 0 Å². The zero-order valence-electron chi connectivity index (χ0n) is 16.9. The van der Waals surface area contributed by atoms with Crippen molar-refractivity contribution in [1.29, 1.82) is 0 Å². The largest absolute Gasteiger partial charge is 0.488 e. The SMILES string of the molecule is Cc1ccc2c(c1-c1c(Cl)cc3c4c(cnc3c1F)OC[C@H]1CNCCN41)C(=O)NC2. The van der Waals surface area contributed by atoms with Gasteiger partial charge in [0.1, 0.15) is 12.1 Å². The number of fused-ring (bicyclic) bond motifs is 6. The number of ether oxygens (including phenoxy) is 1. The average Bonchev–Trinajstić information content (AvgIpc) is 3.15. The number of benzene rings is 2. The Balaban J connectivity index is 1.63. The molecule has 4 heterocycles. The molecule has 158 valence electrons. The van der Waals surface area contributed by atoms with Gasteiger partial charge in [-0.15, -0.1) is 0 Å². The molecule has 1 amide bonds. The lowest BCUT2D eigenvalue weighted by Gasteiger charge is -2.42. The number of piperazine rings is 1. The van der Waals surface area contributed by atoms with Gasteiger partial charge in [-0.1, -0.05) is 23.7 Å². The number of aryl methyl sites for hydroxylation is 1. The van der Waals surface area contributed by atoms with Crippen molar-refractivity contribution in [2.75, 3.05) is 31.1 Å². The molecule has 0 spiro atoms. The van der Waals surface area contributed by atoms with E-state index in [1.54, 1.807) is 12.3 Å². The molecule has 0 aliphatic carbocycles. The number of carbonyl (C=O) groups is 1. The number of carbonyl (C=O) groups excluding carboxylic acids is 1. The molecule has 0 saturated carbocycles. The fourth-order valence-corrected chi connectivity index (χ4v) is 5.28. The van der Waals surface area contributed by atoms with Gasteiger partial charge in [-0.3, -0.25) is 4.79 Å². The minimum atomic E-state index is -0.515. The Hall–Kier alpha value is -2.90. The molecule has 3 aliphatic rings. The van der Waals surface area contributed by atoms with Crippen molar-refractivity contribution in [1.82, 2.24) is 15.6 Å². The van der Waals surface area contributed by atoms with Crippen molar-refractivity contribution >= 4 is 34.1 Å². The Morgan fingerprint density at radius 1 is 1.29 bits per heavy atom. The summed E-state index contributed by atoms with van der Waals surface area (Å²) < 4.78 is 22.0. The minimum absolute atomic E-state index is 0.177. The van der Waals surface area contributed by atoms with Crippen LogP contribution in [0.2, 0.25) is 5.02 Å². The maximum Gasteiger partial charge on any atom is 0.252 e. The highest BCUT2D eigenvalue weighted by atomic mass is 35.5. The van der Waals surface area contributed by atoms with E-state index in [0.29, 0.717) is 35.4 Å². The molecule has 0 unspecified atom stereocenters. The molecule has 3 aromatic rings. The van der Waals surface area contributed by atoms with Gasteiger partial charge >= 0.3 is 0 Å². The van der Waals surface area contributed by atoms with Gasteiger partial charge in [-0.05, 0) is 24.1 Å². The summed E-state index contributed by atoms with van der Waals surface area (Å²) in [6.45, 7) is 5.31. The number of anilines is 1. The molecule has 3 aliphatic heterocycles. The minimum Gasteiger partial charge on any atom is -0.488 e. The average molecular weight is 439 g/mol. The molecule has 2 N–H and O–H groups in total. The lowest BCUT2D eigenvalue weighted by Crippen LogP contribution is -2.55. The fraction of sp³-hybridized carbons (Fsp3) is 0.304. The van der Waals surface area contributed by atoms with Crippen molar-refractivity contribution in [3.05, 3.63) is 51.9 Å². The van der Waals surface area contributed by atoms with Crippen LogP contribution in [-0.2, 0) is 6.54 Å². The monoisotopic (exact) mass is 438 g/mol. The van der Waals surface area contributed by atoms with E-state index < -0.39 is 5.82 Å². The summed E-state index contributed by atoms with van der Waals surface area (Å²) in [5, 5.41) is 7.08. The summed E-state index contributed by atoms with van der Waals surface area (Å²) in [5.41, 5.74) is 3.95. The van der Waals surface area contributed by atoms with E-state index in [0.717, 1.165) is 36.4 Å². The summed E-state index contributed by atoms with van der Waals surface area (Å²) in [6, 6.07) is 5.74. The van der Waals surface area contributed by atoms with E-state index in [2.05, 4.69) is 20.5 Å². The predicted octanol–water partition coefficient (Wildman–Crippen LogP) is 3.42. The molecule has 1 fully saturated rings. The molecule has 6 nitrogen and oxygen atoms in total. The summed E-state index contributed by atoms with van der Waals surface area (Å²) in [5.74, 6) is -0.0801. The Kier molecular flexibility index (Phi) is 4.13. The third-order valence-electron chi connectivity index (χ3n) is 6.48. The van der Waals surface area contributed by atoms with Gasteiger partial charge in [0.15, 0.2) is 11.6 Å². The Labute approximate surface area is 183 Å². The third-order valence-corrected chi connectivity index (χ3v) is 6.77. The van der Waals surface area contributed by atoms with Gasteiger partial charge in [0.05, 0.1) is 28.5 Å². The Morgan fingerprint density at radius 2 is 2.16 bits per heavy atom. The first-order valence-corrected chi connectivity index (χ1v) is 10.7. The molecular formula is C23H20ClFN4O2. The maximum atomic E-state index is 16.0. The normalized spacial score (nSPS) is 19.5. The number of pyridine rings is 1. The first-order valence-electron chi connectivity index (χ1n) is 10.4. The van der Waals surface area contributed by atoms with Gasteiger partial charge in [0, 0.05) is 42.7 Å². The zero-order valence-corrected chi connectivity index (χ0v) is 17.6. The smallest absolute Gasteiger partial charge is 0.252 e. The topological polar surface area (TPSA) is 66.5 Å². The fourth-order valence-electron chi connectivity index (χ4n) is 5.00. The van der Waals surface area contributed by atoms with E-state index in [1.165, 1.54) is 0 Å². The van der Waals surface area contributed by atoms with Gasteiger partial charge in [0.2, 0.25) is 0 Å². The number of aromatic nitrogens is 1. The number of hydrogen-bond donors (Lipinski definition) is 2. The highest BCUT2D eigenvalue weighted by molar-refractivity contribution is 6.35. The molecule has 1 atom stereocenters. The van der Waals surface area contributed by atoms with Crippen LogP contribution in [0.25, 0.3) is 22.0 Å². The second-order valence-corrected chi connectivity index (χ2v) is 8.66. The van der Waals surface area contributed by atoms with Gasteiger partial charge in [-0.25, -0.2) is 9.37 Å². The molecule has 6 rings (SSSR count). The quantitative estimate of drug-likeness (QED) is 0.609. The highest BCUT2D eigenvalue weighted by Gasteiger charge is 2.34. The lowest BCUT2D eigenvalue weighted by atomic mass is 9.91. The summed E-state index contributed by atoms with van der Waals surface area (Å²) in [7, 11) is 0. The lowest BCUT2D eigenvalue weighted by molar-refractivity contribution is 0.0966. The van der Waals surface area contributed by atoms with Crippen LogP contribution < -0.4 is 20.3 Å². The van der Waals surface area contributed by atoms with Crippen molar-refractivity contribution in [3.8, 4) is 16.9 Å². The number of hydrogen-bond acceptors (Lipinski definition) is 5. The van der Waals surface area contributed by atoms with Crippen LogP contribution in [0.5, 0.6) is 5.75 Å². The number of nitrogens with one attached hydrogen (secondary N) is 2. The first-order chi connectivity index (χ1) is 15.0. The molecule has 2 aromatic carbocycles. The van der Waals surface area contributed by atoms with Gasteiger partial charge in [0.25, 0.3) is 5.91 Å². The van der Waals surface area contributed by atoms with Crippen molar-refractivity contribution in [2.24, 2.45) is 0 Å². The van der Waals surface area contributed by atoms with Crippen molar-refractivity contribution < 1.29 is 13.9 Å². The first kappa shape index (κ1) is 18.8. The van der Waals surface area contributed by atoms with Crippen LogP contribution >= 0.6 is 11.6 Å². The van der Waals surface area contributed by atoms with Crippen LogP contribution in [0.3, 0.4) is 0 Å². The van der Waals surface area contributed by atoms with Crippen LogP contribution in [0.4, 0.5) is 10.1 Å². The van der Waals surface area contributed by atoms with Crippen LogP contribution in [0.15, 0.2) is 24.4 Å². The van der Waals surface area contributed by atoms with Gasteiger partial charge < -0.3 is 20.3 Å². The molecule has 31 heavy (non-hydrogen) atoms. The molecular weight excluding hydrogens is 419 g/mol. The molecule has 8 heteroatoms. The highest BCUT2D eigenvalue weighted by Crippen LogP contribution is 2.45. The number of rotatable bonds is 1. The zero-order chi connectivity index (χ0) is 21.3. The van der Waals surface area contributed by atoms with Crippen LogP contribution in [0, 0.1) is 12.7 Å². The second-order valence-electron chi connectivity index (χ2n) is 8.25. The standard InChI is InChI=1S/C23H20ClFN4O2/c1-11-2-3-12-7-28-23(30)18(12)17(11)19-15(24)6-14-21(20(19)25)27-9-16-22(14)29-5-4-26-8-13(29)10-31-16/h2-3,6,9,13,26H,4-5,7-8,10H2,1H3,(H,28,30)/t13-/m1/s1. The summed E-state index contributed by atoms with van der Waals surface area (Å²) in [4.78, 5) is 19.2.